The molecule has 0 aliphatic carbocycles. The van der Waals surface area contributed by atoms with Gasteiger partial charge in [-0.3, -0.25) is 0 Å². The van der Waals surface area contributed by atoms with E-state index in [4.69, 9.17) is 4.74 Å². The largest absolute Gasteiger partial charge is 0.497 e. The summed E-state index contributed by atoms with van der Waals surface area (Å²) in [5.41, 5.74) is 1.91. The number of nitrogens with zero attached hydrogens (tertiary/aromatic N) is 2. The van der Waals surface area contributed by atoms with Crippen LogP contribution in [0.4, 0.5) is 0 Å². The van der Waals surface area contributed by atoms with E-state index in [2.05, 4.69) is 25.9 Å². The first kappa shape index (κ1) is 11.1. The van der Waals surface area contributed by atoms with E-state index >= 15 is 0 Å². The van der Waals surface area contributed by atoms with Crippen molar-refractivity contribution in [3.8, 4) is 17.1 Å². The van der Waals surface area contributed by atoms with E-state index in [0.717, 1.165) is 27.4 Å². The van der Waals surface area contributed by atoms with Gasteiger partial charge in [0.15, 0.2) is 5.82 Å². The average Bonchev–Trinajstić information content (AvgIpc) is 2.28. The van der Waals surface area contributed by atoms with Crippen LogP contribution in [0.25, 0.3) is 11.4 Å². The SMILES string of the molecule is COc1ccc(-c2nc(C)cc(Br)n2)cc1. The molecule has 0 spiro atoms. The number of benzene rings is 1. The van der Waals surface area contributed by atoms with Crippen LogP contribution in [-0.4, -0.2) is 17.1 Å². The van der Waals surface area contributed by atoms with E-state index in [1.807, 2.05) is 37.3 Å². The Hall–Kier alpha value is -1.42. The Labute approximate surface area is 103 Å². The maximum Gasteiger partial charge on any atom is 0.160 e. The number of aryl methyl sites for hydroxylation is 1. The van der Waals surface area contributed by atoms with E-state index in [-0.39, 0.29) is 0 Å². The summed E-state index contributed by atoms with van der Waals surface area (Å²) in [6.07, 6.45) is 0. The fourth-order valence-corrected chi connectivity index (χ4v) is 1.90. The molecule has 1 heterocycles. The van der Waals surface area contributed by atoms with Crippen LogP contribution in [0.2, 0.25) is 0 Å². The molecule has 1 aromatic carbocycles. The van der Waals surface area contributed by atoms with Crippen LogP contribution < -0.4 is 4.74 Å². The van der Waals surface area contributed by atoms with Gasteiger partial charge in [0.2, 0.25) is 0 Å². The van der Waals surface area contributed by atoms with E-state index < -0.39 is 0 Å². The second kappa shape index (κ2) is 4.61. The van der Waals surface area contributed by atoms with Crippen LogP contribution in [0.1, 0.15) is 5.69 Å². The van der Waals surface area contributed by atoms with Crippen LogP contribution in [0.5, 0.6) is 5.75 Å². The number of ether oxygens (including phenoxy) is 1. The maximum atomic E-state index is 5.10. The van der Waals surface area contributed by atoms with Crippen molar-refractivity contribution in [1.29, 1.82) is 0 Å². The zero-order valence-electron chi connectivity index (χ0n) is 9.07. The number of hydrogen-bond donors (Lipinski definition) is 0. The Balaban J connectivity index is 2.42. The normalized spacial score (nSPS) is 10.2. The lowest BCUT2D eigenvalue weighted by Gasteiger charge is -2.03. The minimum atomic E-state index is 0.717. The fourth-order valence-electron chi connectivity index (χ4n) is 1.40. The number of methoxy groups -OCH3 is 1. The first-order valence-electron chi connectivity index (χ1n) is 4.84. The van der Waals surface area contributed by atoms with Gasteiger partial charge in [0.25, 0.3) is 0 Å². The Kier molecular flexibility index (Phi) is 3.19. The van der Waals surface area contributed by atoms with Crippen molar-refractivity contribution in [3.63, 3.8) is 0 Å². The summed E-state index contributed by atoms with van der Waals surface area (Å²) in [5, 5.41) is 0. The number of rotatable bonds is 2. The summed E-state index contributed by atoms with van der Waals surface area (Å²) in [6, 6.07) is 9.57. The molecule has 0 unspecified atom stereocenters. The number of halogens is 1. The topological polar surface area (TPSA) is 35.0 Å². The minimum absolute atomic E-state index is 0.717. The van der Waals surface area contributed by atoms with E-state index in [1.165, 1.54) is 0 Å². The predicted molar refractivity (Wildman–Crippen MR) is 66.5 cm³/mol. The van der Waals surface area contributed by atoms with Gasteiger partial charge in [0, 0.05) is 11.3 Å². The van der Waals surface area contributed by atoms with Gasteiger partial charge in [0.1, 0.15) is 10.4 Å². The molecule has 0 saturated carbocycles. The van der Waals surface area contributed by atoms with Crippen molar-refractivity contribution < 1.29 is 4.74 Å². The third-order valence-electron chi connectivity index (χ3n) is 2.17. The predicted octanol–water partition coefficient (Wildman–Crippen LogP) is 3.22. The van der Waals surface area contributed by atoms with Gasteiger partial charge >= 0.3 is 0 Å². The number of hydrogen-bond acceptors (Lipinski definition) is 3. The van der Waals surface area contributed by atoms with Crippen molar-refractivity contribution in [1.82, 2.24) is 9.97 Å². The van der Waals surface area contributed by atoms with Gasteiger partial charge in [-0.15, -0.1) is 0 Å². The van der Waals surface area contributed by atoms with Crippen LogP contribution in [0.15, 0.2) is 34.9 Å². The zero-order valence-corrected chi connectivity index (χ0v) is 10.7. The molecule has 0 saturated heterocycles. The molecule has 82 valence electrons. The Morgan fingerprint density at radius 2 is 1.81 bits per heavy atom. The molecule has 0 fully saturated rings. The molecule has 0 amide bonds. The first-order chi connectivity index (χ1) is 7.69. The van der Waals surface area contributed by atoms with Crippen molar-refractivity contribution in [3.05, 3.63) is 40.6 Å². The van der Waals surface area contributed by atoms with Gasteiger partial charge in [-0.05, 0) is 53.2 Å². The van der Waals surface area contributed by atoms with Crippen LogP contribution >= 0.6 is 15.9 Å². The lowest BCUT2D eigenvalue weighted by molar-refractivity contribution is 0.415. The van der Waals surface area contributed by atoms with Gasteiger partial charge in [-0.25, -0.2) is 9.97 Å². The highest BCUT2D eigenvalue weighted by molar-refractivity contribution is 9.10. The summed E-state index contributed by atoms with van der Waals surface area (Å²) >= 11 is 3.36. The van der Waals surface area contributed by atoms with Crippen molar-refractivity contribution in [2.24, 2.45) is 0 Å². The van der Waals surface area contributed by atoms with E-state index in [0.29, 0.717) is 0 Å². The molecule has 16 heavy (non-hydrogen) atoms. The van der Waals surface area contributed by atoms with E-state index in [1.54, 1.807) is 7.11 Å². The highest BCUT2D eigenvalue weighted by atomic mass is 79.9. The molecule has 0 aliphatic rings. The molecule has 0 radical (unpaired) electrons. The standard InChI is InChI=1S/C12H11BrN2O/c1-8-7-11(13)15-12(14-8)9-3-5-10(16-2)6-4-9/h3-7H,1-2H3. The summed E-state index contributed by atoms with van der Waals surface area (Å²) in [7, 11) is 1.65. The smallest absolute Gasteiger partial charge is 0.160 e. The van der Waals surface area contributed by atoms with E-state index in [9.17, 15) is 0 Å². The molecule has 2 aromatic rings. The van der Waals surface area contributed by atoms with Crippen LogP contribution in [0, 0.1) is 6.92 Å². The molecule has 1 aromatic heterocycles. The minimum Gasteiger partial charge on any atom is -0.497 e. The fraction of sp³-hybridized carbons (Fsp3) is 0.167. The zero-order chi connectivity index (χ0) is 11.5. The second-order valence-electron chi connectivity index (χ2n) is 3.38. The molecule has 0 bridgehead atoms. The second-order valence-corrected chi connectivity index (χ2v) is 4.20. The van der Waals surface area contributed by atoms with Crippen molar-refractivity contribution in [2.45, 2.75) is 6.92 Å². The van der Waals surface area contributed by atoms with Crippen molar-refractivity contribution >= 4 is 15.9 Å². The highest BCUT2D eigenvalue weighted by Gasteiger charge is 2.03. The Morgan fingerprint density at radius 1 is 1.12 bits per heavy atom. The summed E-state index contributed by atoms with van der Waals surface area (Å²) in [5.74, 6) is 1.55. The molecule has 0 aliphatic heterocycles. The van der Waals surface area contributed by atoms with Gasteiger partial charge in [-0.1, -0.05) is 0 Å². The molecule has 0 atom stereocenters. The lowest BCUT2D eigenvalue weighted by Crippen LogP contribution is -1.92. The summed E-state index contributed by atoms with van der Waals surface area (Å²) in [4.78, 5) is 8.70. The maximum absolute atomic E-state index is 5.10. The Morgan fingerprint density at radius 3 is 2.38 bits per heavy atom. The molecule has 2 rings (SSSR count). The molecular formula is C12H11BrN2O. The third kappa shape index (κ3) is 2.39. The average molecular weight is 279 g/mol. The van der Waals surface area contributed by atoms with Gasteiger partial charge in [-0.2, -0.15) is 0 Å². The highest BCUT2D eigenvalue weighted by Crippen LogP contribution is 2.21. The van der Waals surface area contributed by atoms with Crippen LogP contribution in [-0.2, 0) is 0 Å². The van der Waals surface area contributed by atoms with Crippen LogP contribution in [0.3, 0.4) is 0 Å². The quantitative estimate of drug-likeness (QED) is 0.792. The summed E-state index contributed by atoms with van der Waals surface area (Å²) in [6.45, 7) is 1.94. The van der Waals surface area contributed by atoms with Crippen molar-refractivity contribution in [2.75, 3.05) is 7.11 Å². The molecule has 4 heteroatoms. The first-order valence-corrected chi connectivity index (χ1v) is 5.64. The summed E-state index contributed by atoms with van der Waals surface area (Å²) < 4.78 is 5.90. The lowest BCUT2D eigenvalue weighted by atomic mass is 10.2. The third-order valence-corrected chi connectivity index (χ3v) is 2.58. The molecule has 0 N–H and O–H groups in total. The Bertz CT molecular complexity index is 477. The monoisotopic (exact) mass is 278 g/mol. The molecule has 3 nitrogen and oxygen atoms in total. The molecular weight excluding hydrogens is 268 g/mol. The van der Waals surface area contributed by atoms with Gasteiger partial charge in [0.05, 0.1) is 7.11 Å². The number of aromatic nitrogens is 2. The van der Waals surface area contributed by atoms with Gasteiger partial charge < -0.3 is 4.74 Å².